The quantitative estimate of drug-likeness (QED) is 0.851. The van der Waals surface area contributed by atoms with E-state index in [1.54, 1.807) is 24.3 Å². The van der Waals surface area contributed by atoms with Crippen LogP contribution in [0.2, 0.25) is 0 Å². The van der Waals surface area contributed by atoms with Crippen LogP contribution in [0, 0.1) is 0 Å². The number of nitrogens with two attached hydrogens (primary N) is 1. The molecule has 1 aromatic carbocycles. The van der Waals surface area contributed by atoms with E-state index in [1.165, 1.54) is 0 Å². The lowest BCUT2D eigenvalue weighted by atomic mass is 10.1. The smallest absolute Gasteiger partial charge is 0.398 e. The molecule has 0 aliphatic carbocycles. The van der Waals surface area contributed by atoms with Crippen LogP contribution in [-0.4, -0.2) is 4.57 Å². The average molecular weight is 268 g/mol. The second kappa shape index (κ2) is 4.79. The Morgan fingerprint density at radius 1 is 1.05 bits per heavy atom. The maximum Gasteiger partial charge on any atom is 0.431 e. The third-order valence-corrected chi connectivity index (χ3v) is 2.72. The number of hydrogen-bond acceptors (Lipinski definition) is 2. The third kappa shape index (κ3) is 2.78. The van der Waals surface area contributed by atoms with Crippen molar-refractivity contribution in [2.75, 3.05) is 5.73 Å². The number of para-hydroxylation sites is 1. The highest BCUT2D eigenvalue weighted by molar-refractivity contribution is 5.46. The van der Waals surface area contributed by atoms with Crippen LogP contribution in [0.1, 0.15) is 11.3 Å². The van der Waals surface area contributed by atoms with Gasteiger partial charge in [0.1, 0.15) is 5.69 Å². The predicted octanol–water partition coefficient (Wildman–Crippen LogP) is 2.50. The summed E-state index contributed by atoms with van der Waals surface area (Å²) in [5, 5.41) is 0. The summed E-state index contributed by atoms with van der Waals surface area (Å²) < 4.78 is 39.2. The first-order chi connectivity index (χ1) is 8.89. The Morgan fingerprint density at radius 2 is 1.74 bits per heavy atom. The zero-order chi connectivity index (χ0) is 14.0. The molecule has 3 nitrogen and oxygen atoms in total. The van der Waals surface area contributed by atoms with Gasteiger partial charge in [-0.1, -0.05) is 24.3 Å². The van der Waals surface area contributed by atoms with Crippen molar-refractivity contribution in [1.29, 1.82) is 0 Å². The van der Waals surface area contributed by atoms with Crippen LogP contribution in [-0.2, 0) is 12.7 Å². The van der Waals surface area contributed by atoms with Crippen molar-refractivity contribution in [3.05, 3.63) is 64.1 Å². The van der Waals surface area contributed by atoms with E-state index in [9.17, 15) is 18.0 Å². The van der Waals surface area contributed by atoms with Crippen molar-refractivity contribution in [2.24, 2.45) is 0 Å². The van der Waals surface area contributed by atoms with E-state index in [4.69, 9.17) is 5.73 Å². The van der Waals surface area contributed by atoms with E-state index < -0.39 is 17.4 Å². The largest absolute Gasteiger partial charge is 0.431 e. The molecular weight excluding hydrogens is 257 g/mol. The SMILES string of the molecule is Nc1ccccc1Cn1c(C(F)(F)F)cccc1=O. The molecule has 0 unspecified atom stereocenters. The van der Waals surface area contributed by atoms with Crippen LogP contribution in [0.5, 0.6) is 0 Å². The number of pyridine rings is 1. The number of hydrogen-bond donors (Lipinski definition) is 1. The van der Waals surface area contributed by atoms with Gasteiger partial charge >= 0.3 is 6.18 Å². The van der Waals surface area contributed by atoms with Crippen LogP contribution in [0.4, 0.5) is 18.9 Å². The number of nitrogen functional groups attached to an aromatic ring is 1. The van der Waals surface area contributed by atoms with Gasteiger partial charge < -0.3 is 5.73 Å². The van der Waals surface area contributed by atoms with Crippen LogP contribution in [0.25, 0.3) is 0 Å². The predicted molar refractivity (Wildman–Crippen MR) is 65.7 cm³/mol. The van der Waals surface area contributed by atoms with E-state index in [0.717, 1.165) is 18.2 Å². The van der Waals surface area contributed by atoms with Crippen molar-refractivity contribution in [1.82, 2.24) is 4.57 Å². The van der Waals surface area contributed by atoms with Gasteiger partial charge in [-0.25, -0.2) is 0 Å². The topological polar surface area (TPSA) is 48.0 Å². The molecule has 2 aromatic rings. The summed E-state index contributed by atoms with van der Waals surface area (Å²) in [6.45, 7) is -0.207. The minimum absolute atomic E-state index is 0.207. The lowest BCUT2D eigenvalue weighted by molar-refractivity contribution is -0.144. The second-order valence-electron chi connectivity index (χ2n) is 4.03. The molecule has 1 heterocycles. The summed E-state index contributed by atoms with van der Waals surface area (Å²) in [5.74, 6) is 0. The number of halogens is 3. The summed E-state index contributed by atoms with van der Waals surface area (Å²) in [5.41, 5.74) is 4.81. The monoisotopic (exact) mass is 268 g/mol. The average Bonchev–Trinajstić information content (AvgIpc) is 2.33. The number of benzene rings is 1. The molecule has 0 spiro atoms. The highest BCUT2D eigenvalue weighted by Gasteiger charge is 2.34. The number of aromatic nitrogens is 1. The van der Waals surface area contributed by atoms with E-state index in [2.05, 4.69) is 0 Å². The molecule has 0 saturated carbocycles. The Balaban J connectivity index is 2.52. The van der Waals surface area contributed by atoms with Crippen LogP contribution >= 0.6 is 0 Å². The van der Waals surface area contributed by atoms with Gasteiger partial charge in [-0.3, -0.25) is 9.36 Å². The molecule has 0 fully saturated rings. The molecule has 0 aliphatic rings. The van der Waals surface area contributed by atoms with Crippen LogP contribution in [0.15, 0.2) is 47.3 Å². The molecule has 0 aliphatic heterocycles. The Labute approximate surface area is 107 Å². The summed E-state index contributed by atoms with van der Waals surface area (Å²) in [4.78, 5) is 11.6. The third-order valence-electron chi connectivity index (χ3n) is 2.72. The summed E-state index contributed by atoms with van der Waals surface area (Å²) in [6.07, 6.45) is -4.58. The number of anilines is 1. The molecule has 2 rings (SSSR count). The Morgan fingerprint density at radius 3 is 2.37 bits per heavy atom. The van der Waals surface area contributed by atoms with Crippen LogP contribution in [0.3, 0.4) is 0 Å². The molecule has 0 amide bonds. The molecule has 0 bridgehead atoms. The zero-order valence-corrected chi connectivity index (χ0v) is 9.82. The molecule has 2 N–H and O–H groups in total. The summed E-state index contributed by atoms with van der Waals surface area (Å²) >= 11 is 0. The van der Waals surface area contributed by atoms with Gasteiger partial charge in [0.2, 0.25) is 0 Å². The van der Waals surface area contributed by atoms with E-state index in [1.807, 2.05) is 0 Å². The molecular formula is C13H11F3N2O. The van der Waals surface area contributed by atoms with Crippen molar-refractivity contribution < 1.29 is 13.2 Å². The fraction of sp³-hybridized carbons (Fsp3) is 0.154. The summed E-state index contributed by atoms with van der Waals surface area (Å²) in [6, 6.07) is 9.57. The molecule has 100 valence electrons. The molecule has 1 aromatic heterocycles. The van der Waals surface area contributed by atoms with Gasteiger partial charge in [-0.2, -0.15) is 13.2 Å². The Kier molecular flexibility index (Phi) is 3.33. The van der Waals surface area contributed by atoms with Crippen molar-refractivity contribution >= 4 is 5.69 Å². The van der Waals surface area contributed by atoms with Gasteiger partial charge in [0, 0.05) is 11.8 Å². The van der Waals surface area contributed by atoms with Crippen molar-refractivity contribution in [3.63, 3.8) is 0 Å². The molecule has 0 saturated heterocycles. The highest BCUT2D eigenvalue weighted by atomic mass is 19.4. The number of rotatable bonds is 2. The van der Waals surface area contributed by atoms with Gasteiger partial charge in [0.05, 0.1) is 6.54 Å². The van der Waals surface area contributed by atoms with E-state index in [0.29, 0.717) is 15.8 Å². The van der Waals surface area contributed by atoms with Gasteiger partial charge in [-0.05, 0) is 17.7 Å². The lowest BCUT2D eigenvalue weighted by Crippen LogP contribution is -2.27. The Bertz CT molecular complexity index is 647. The van der Waals surface area contributed by atoms with Gasteiger partial charge in [-0.15, -0.1) is 0 Å². The minimum Gasteiger partial charge on any atom is -0.398 e. The standard InChI is InChI=1S/C13H11F3N2O/c14-13(15,16)11-6-3-7-12(19)18(11)8-9-4-1-2-5-10(9)17/h1-7H,8,17H2. The maximum atomic E-state index is 12.8. The number of alkyl halides is 3. The Hall–Kier alpha value is -2.24. The first kappa shape index (κ1) is 13.2. The lowest BCUT2D eigenvalue weighted by Gasteiger charge is -2.15. The highest BCUT2D eigenvalue weighted by Crippen LogP contribution is 2.28. The molecule has 6 heteroatoms. The maximum absolute atomic E-state index is 12.8. The van der Waals surface area contributed by atoms with E-state index >= 15 is 0 Å². The fourth-order valence-corrected chi connectivity index (χ4v) is 1.78. The molecule has 19 heavy (non-hydrogen) atoms. The number of nitrogens with zero attached hydrogens (tertiary/aromatic N) is 1. The van der Waals surface area contributed by atoms with Crippen molar-refractivity contribution in [2.45, 2.75) is 12.7 Å². The second-order valence-corrected chi connectivity index (χ2v) is 4.03. The fourth-order valence-electron chi connectivity index (χ4n) is 1.78. The normalized spacial score (nSPS) is 11.5. The zero-order valence-electron chi connectivity index (χ0n) is 9.82. The van der Waals surface area contributed by atoms with Gasteiger partial charge in [0.25, 0.3) is 5.56 Å². The van der Waals surface area contributed by atoms with Gasteiger partial charge in [0.15, 0.2) is 0 Å². The first-order valence-electron chi connectivity index (χ1n) is 5.50. The first-order valence-corrected chi connectivity index (χ1v) is 5.50. The van der Waals surface area contributed by atoms with Crippen LogP contribution < -0.4 is 11.3 Å². The van der Waals surface area contributed by atoms with Crippen molar-refractivity contribution in [3.8, 4) is 0 Å². The molecule has 0 atom stereocenters. The molecule has 0 radical (unpaired) electrons. The minimum atomic E-state index is -4.58. The van der Waals surface area contributed by atoms with E-state index in [-0.39, 0.29) is 6.54 Å². The summed E-state index contributed by atoms with van der Waals surface area (Å²) in [7, 11) is 0.